The van der Waals surface area contributed by atoms with Crippen LogP contribution in [0.15, 0.2) is 54.0 Å². The van der Waals surface area contributed by atoms with Crippen molar-refractivity contribution in [1.29, 1.82) is 5.26 Å². The van der Waals surface area contributed by atoms with Crippen LogP contribution in [0.4, 0.5) is 8.78 Å². The van der Waals surface area contributed by atoms with Crippen LogP contribution in [-0.2, 0) is 4.79 Å². The number of halogens is 2. The molecule has 0 radical (unpaired) electrons. The topological polar surface area (TPSA) is 141 Å². The minimum absolute atomic E-state index is 0.0175. The summed E-state index contributed by atoms with van der Waals surface area (Å²) < 4.78 is 32.5. The molecule has 4 heterocycles. The van der Waals surface area contributed by atoms with Crippen molar-refractivity contribution in [3.05, 3.63) is 93.6 Å². The molecule has 0 bridgehead atoms. The number of rotatable bonds is 7. The number of amides is 2. The van der Waals surface area contributed by atoms with Crippen molar-refractivity contribution in [2.75, 3.05) is 13.6 Å². The number of benzene rings is 1. The van der Waals surface area contributed by atoms with E-state index in [4.69, 9.17) is 0 Å². The number of nitriles is 1. The highest BCUT2D eigenvalue weighted by molar-refractivity contribution is 6.01. The molecule has 1 aliphatic rings. The fourth-order valence-corrected chi connectivity index (χ4v) is 6.51. The Bertz CT molecular complexity index is 2010. The smallest absolute Gasteiger partial charge is 0.270 e. The lowest BCUT2D eigenvalue weighted by Gasteiger charge is -2.39. The number of fused-ring (bicyclic) bond motifs is 1. The molecule has 1 saturated heterocycles. The first-order valence-corrected chi connectivity index (χ1v) is 15.2. The van der Waals surface area contributed by atoms with E-state index in [2.05, 4.69) is 27.9 Å². The summed E-state index contributed by atoms with van der Waals surface area (Å²) >= 11 is 0. The zero-order chi connectivity index (χ0) is 34.2. The van der Waals surface area contributed by atoms with Gasteiger partial charge >= 0.3 is 0 Å². The summed E-state index contributed by atoms with van der Waals surface area (Å²) in [7, 11) is 1.38. The summed E-state index contributed by atoms with van der Waals surface area (Å²) in [6.45, 7) is 9.28. The van der Waals surface area contributed by atoms with E-state index in [1.807, 2.05) is 13.8 Å². The predicted octanol–water partition coefficient (Wildman–Crippen LogP) is 5.40. The molecule has 1 aromatic carbocycles. The highest BCUT2D eigenvalue weighted by Gasteiger charge is 2.37. The Kier molecular flexibility index (Phi) is 9.19. The third-order valence-electron chi connectivity index (χ3n) is 8.66. The van der Waals surface area contributed by atoms with Gasteiger partial charge in [0.25, 0.3) is 11.5 Å². The summed E-state index contributed by atoms with van der Waals surface area (Å²) in [5, 5.41) is 22.8. The number of phenolic OH excluding ortho intramolecular Hbond substituents is 1. The molecule has 242 valence electrons. The molecule has 47 heavy (non-hydrogen) atoms. The number of hydrogen-bond donors (Lipinski definition) is 2. The van der Waals surface area contributed by atoms with Crippen molar-refractivity contribution in [2.24, 2.45) is 0 Å². The molecule has 1 aliphatic heterocycles. The van der Waals surface area contributed by atoms with Crippen LogP contribution in [0.25, 0.3) is 28.0 Å². The number of carbonyl (C=O) groups excluding carboxylic acids is 2. The first-order valence-electron chi connectivity index (χ1n) is 15.2. The first kappa shape index (κ1) is 32.9. The Morgan fingerprint density at radius 3 is 2.64 bits per heavy atom. The Hall–Kier alpha value is -5.44. The standard InChI is InChI=1S/C35H34F2N6O4/c1-6-26(45)42-15-12-20(16-21(42)10-13-38)27-22-17-24(37)31(28-23(36)8-7-9-25(28)44)41-33(22)43(35(47)29(27)34(46)39-5)32-19(4)11-14-40-30(32)18(2)3/h6-9,11,14,17-18,20-21,44H,1,10,12,15-16H2,2-5H3,(H,39,46)/t20?,21-/m0/s1. The van der Waals surface area contributed by atoms with Gasteiger partial charge in [-0.25, -0.2) is 13.8 Å². The average molecular weight is 641 g/mol. The van der Waals surface area contributed by atoms with Gasteiger partial charge in [-0.1, -0.05) is 26.5 Å². The van der Waals surface area contributed by atoms with E-state index < -0.39 is 52.1 Å². The summed E-state index contributed by atoms with van der Waals surface area (Å²) in [5.74, 6) is -4.31. The van der Waals surface area contributed by atoms with E-state index in [1.165, 1.54) is 34.7 Å². The Morgan fingerprint density at radius 2 is 2.00 bits per heavy atom. The van der Waals surface area contributed by atoms with E-state index in [0.717, 1.165) is 12.1 Å². The lowest BCUT2D eigenvalue weighted by atomic mass is 9.80. The van der Waals surface area contributed by atoms with Crippen molar-refractivity contribution >= 4 is 22.8 Å². The van der Waals surface area contributed by atoms with Crippen LogP contribution in [0.3, 0.4) is 0 Å². The molecule has 1 unspecified atom stereocenters. The molecule has 5 rings (SSSR count). The summed E-state index contributed by atoms with van der Waals surface area (Å²) in [6.07, 6.45) is 3.22. The van der Waals surface area contributed by atoms with Crippen molar-refractivity contribution in [3.63, 3.8) is 0 Å². The molecular weight excluding hydrogens is 606 g/mol. The third-order valence-corrected chi connectivity index (χ3v) is 8.66. The van der Waals surface area contributed by atoms with Crippen LogP contribution in [0.1, 0.15) is 72.1 Å². The van der Waals surface area contributed by atoms with E-state index in [-0.39, 0.29) is 59.8 Å². The SMILES string of the molecule is C=CC(=O)N1CCC(c2c(C(=O)NC)c(=O)n(-c3c(C)ccnc3C(C)C)c3nc(-c4c(O)cccc4F)c(F)cc23)C[C@@H]1CC#N. The number of carbonyl (C=O) groups is 2. The van der Waals surface area contributed by atoms with Crippen LogP contribution >= 0.6 is 0 Å². The monoisotopic (exact) mass is 640 g/mol. The maximum absolute atomic E-state index is 16.2. The highest BCUT2D eigenvalue weighted by Crippen LogP contribution is 2.41. The molecule has 4 aromatic rings. The zero-order valence-electron chi connectivity index (χ0n) is 26.5. The second-order valence-corrected chi connectivity index (χ2v) is 11.8. The van der Waals surface area contributed by atoms with Crippen LogP contribution in [0.2, 0.25) is 0 Å². The van der Waals surface area contributed by atoms with Gasteiger partial charge < -0.3 is 15.3 Å². The van der Waals surface area contributed by atoms with Crippen molar-refractivity contribution in [2.45, 2.75) is 57.9 Å². The first-order chi connectivity index (χ1) is 22.4. The van der Waals surface area contributed by atoms with Gasteiger partial charge in [-0.2, -0.15) is 5.26 Å². The molecule has 12 heteroatoms. The second kappa shape index (κ2) is 13.1. The fraction of sp³-hybridized carbons (Fsp3) is 0.314. The predicted molar refractivity (Wildman–Crippen MR) is 172 cm³/mol. The molecule has 0 aliphatic carbocycles. The highest BCUT2D eigenvalue weighted by atomic mass is 19.1. The molecule has 1 fully saturated rings. The lowest BCUT2D eigenvalue weighted by Crippen LogP contribution is -2.45. The van der Waals surface area contributed by atoms with Crippen LogP contribution in [0.5, 0.6) is 5.75 Å². The van der Waals surface area contributed by atoms with Crippen molar-refractivity contribution in [1.82, 2.24) is 24.8 Å². The van der Waals surface area contributed by atoms with Crippen molar-refractivity contribution in [3.8, 4) is 28.8 Å². The number of piperidine rings is 1. The van der Waals surface area contributed by atoms with Gasteiger partial charge in [-0.05, 0) is 73.1 Å². The summed E-state index contributed by atoms with van der Waals surface area (Å²) in [5.41, 5.74) is -0.412. The number of likely N-dealkylation sites (tertiary alicyclic amines) is 1. The number of hydrogen-bond acceptors (Lipinski definition) is 7. The van der Waals surface area contributed by atoms with Gasteiger partial charge in [-0.15, -0.1) is 0 Å². The quantitative estimate of drug-likeness (QED) is 0.258. The Labute approximate surface area is 270 Å². The largest absolute Gasteiger partial charge is 0.507 e. The number of nitrogens with one attached hydrogen (secondary N) is 1. The second-order valence-electron chi connectivity index (χ2n) is 11.8. The van der Waals surface area contributed by atoms with Crippen LogP contribution in [0, 0.1) is 29.9 Å². The molecule has 2 atom stereocenters. The van der Waals surface area contributed by atoms with Crippen LogP contribution < -0.4 is 10.9 Å². The summed E-state index contributed by atoms with van der Waals surface area (Å²) in [4.78, 5) is 51.6. The number of pyridine rings is 3. The minimum Gasteiger partial charge on any atom is -0.507 e. The average Bonchev–Trinajstić information content (AvgIpc) is 3.04. The number of aryl methyl sites for hydroxylation is 1. The minimum atomic E-state index is -0.993. The van der Waals surface area contributed by atoms with E-state index >= 15 is 8.78 Å². The molecule has 3 aromatic heterocycles. The molecule has 2 amide bonds. The summed E-state index contributed by atoms with van der Waals surface area (Å²) in [6, 6.07) is 7.86. The van der Waals surface area contributed by atoms with Crippen LogP contribution in [-0.4, -0.2) is 56.0 Å². The van der Waals surface area contributed by atoms with Gasteiger partial charge in [0.1, 0.15) is 28.5 Å². The van der Waals surface area contributed by atoms with E-state index in [0.29, 0.717) is 16.9 Å². The van der Waals surface area contributed by atoms with Gasteiger partial charge in [-0.3, -0.25) is 23.9 Å². The van der Waals surface area contributed by atoms with E-state index in [9.17, 15) is 24.8 Å². The van der Waals surface area contributed by atoms with Crippen molar-refractivity contribution < 1.29 is 23.5 Å². The maximum Gasteiger partial charge on any atom is 0.270 e. The fourth-order valence-electron chi connectivity index (χ4n) is 6.51. The number of nitrogens with zero attached hydrogens (tertiary/aromatic N) is 5. The normalized spacial score (nSPS) is 16.3. The number of phenols is 1. The maximum atomic E-state index is 16.2. The van der Waals surface area contributed by atoms with E-state index in [1.54, 1.807) is 19.2 Å². The van der Waals surface area contributed by atoms with Gasteiger partial charge in [0, 0.05) is 31.2 Å². The number of aromatic nitrogens is 3. The lowest BCUT2D eigenvalue weighted by molar-refractivity contribution is -0.129. The number of aromatic hydroxyl groups is 1. The molecule has 0 saturated carbocycles. The molecular formula is C35H34F2N6O4. The molecule has 2 N–H and O–H groups in total. The zero-order valence-corrected chi connectivity index (χ0v) is 26.5. The van der Waals surface area contributed by atoms with Gasteiger partial charge in [0.2, 0.25) is 5.91 Å². The Balaban J connectivity index is 1.95. The third kappa shape index (κ3) is 5.73. The Morgan fingerprint density at radius 1 is 1.26 bits per heavy atom. The van der Waals surface area contributed by atoms with Gasteiger partial charge in [0.05, 0.1) is 29.4 Å². The molecule has 10 nitrogen and oxygen atoms in total. The molecule has 0 spiro atoms. The van der Waals surface area contributed by atoms with Gasteiger partial charge in [0.15, 0.2) is 5.82 Å².